The quantitative estimate of drug-likeness (QED) is 0.574. The summed E-state index contributed by atoms with van der Waals surface area (Å²) in [5.74, 6) is -0.445. The fraction of sp³-hybridized carbons (Fsp3) is 0.320. The summed E-state index contributed by atoms with van der Waals surface area (Å²) in [5, 5.41) is 6.82. The molecule has 1 fully saturated rings. The molecule has 0 aliphatic carbocycles. The lowest BCUT2D eigenvalue weighted by Crippen LogP contribution is -2.35. The third-order valence-electron chi connectivity index (χ3n) is 5.86. The fourth-order valence-electron chi connectivity index (χ4n) is 4.15. The van der Waals surface area contributed by atoms with Crippen molar-refractivity contribution in [2.24, 2.45) is 0 Å². The number of nitrogens with zero attached hydrogens (tertiary/aromatic N) is 3. The van der Waals surface area contributed by atoms with Gasteiger partial charge in [-0.1, -0.05) is 6.07 Å². The summed E-state index contributed by atoms with van der Waals surface area (Å²) >= 11 is 0. The Morgan fingerprint density at radius 2 is 1.74 bits per heavy atom. The number of piperidine rings is 1. The largest absolute Gasteiger partial charge is 0.416 e. The second-order valence-corrected chi connectivity index (χ2v) is 8.41. The molecular formula is C25H25F3N4O2. The summed E-state index contributed by atoms with van der Waals surface area (Å²) in [6.45, 7) is 3.90. The molecule has 0 saturated carbocycles. The minimum Gasteiger partial charge on any atom is -0.348 e. The highest BCUT2D eigenvalue weighted by Gasteiger charge is 2.34. The van der Waals surface area contributed by atoms with Crippen LogP contribution in [0.2, 0.25) is 0 Å². The van der Waals surface area contributed by atoms with E-state index in [0.29, 0.717) is 35.6 Å². The molecule has 1 aliphatic heterocycles. The average molecular weight is 470 g/mol. The van der Waals surface area contributed by atoms with Crippen molar-refractivity contribution in [3.8, 4) is 5.69 Å². The molecule has 6 nitrogen and oxygen atoms in total. The minimum absolute atomic E-state index is 0.0401. The number of hydrogen-bond acceptors (Lipinski definition) is 3. The number of hydrogen-bond donors (Lipinski definition) is 1. The summed E-state index contributed by atoms with van der Waals surface area (Å²) in [6.07, 6.45) is -2.29. The summed E-state index contributed by atoms with van der Waals surface area (Å²) in [7, 11) is 0. The number of halogens is 3. The van der Waals surface area contributed by atoms with Crippen molar-refractivity contribution in [1.29, 1.82) is 0 Å². The van der Waals surface area contributed by atoms with Crippen molar-refractivity contribution in [1.82, 2.24) is 15.1 Å². The first-order valence-corrected chi connectivity index (χ1v) is 11.1. The molecule has 2 aromatic carbocycles. The van der Waals surface area contributed by atoms with Gasteiger partial charge in [-0.3, -0.25) is 9.59 Å². The number of alkyl halides is 3. The molecule has 178 valence electrons. The topological polar surface area (TPSA) is 67.2 Å². The molecule has 1 aliphatic rings. The van der Waals surface area contributed by atoms with E-state index in [2.05, 4.69) is 10.4 Å². The van der Waals surface area contributed by atoms with Gasteiger partial charge in [-0.2, -0.15) is 18.3 Å². The van der Waals surface area contributed by atoms with Crippen LogP contribution in [0.4, 0.5) is 18.9 Å². The SMILES string of the molecule is Cc1cc(C)n(-c2ccc(CNC(=O)c3ccc(N4CCCCC4=O)cc3)c(C(F)(F)F)c2)n1. The zero-order valence-electron chi connectivity index (χ0n) is 18.9. The molecule has 4 rings (SSSR count). The molecule has 2 amide bonds. The number of anilines is 1. The second-order valence-electron chi connectivity index (χ2n) is 8.41. The molecular weight excluding hydrogens is 445 g/mol. The molecule has 0 bridgehead atoms. The van der Waals surface area contributed by atoms with Crippen LogP contribution in [0, 0.1) is 13.8 Å². The van der Waals surface area contributed by atoms with Crippen molar-refractivity contribution >= 4 is 17.5 Å². The van der Waals surface area contributed by atoms with E-state index < -0.39 is 17.6 Å². The van der Waals surface area contributed by atoms with Crippen LogP contribution >= 0.6 is 0 Å². The monoisotopic (exact) mass is 470 g/mol. The predicted molar refractivity (Wildman–Crippen MR) is 122 cm³/mol. The van der Waals surface area contributed by atoms with Gasteiger partial charge < -0.3 is 10.2 Å². The van der Waals surface area contributed by atoms with E-state index in [-0.39, 0.29) is 18.0 Å². The molecule has 3 aromatic rings. The van der Waals surface area contributed by atoms with Crippen LogP contribution in [-0.4, -0.2) is 28.1 Å². The highest BCUT2D eigenvalue weighted by Crippen LogP contribution is 2.34. The number of amides is 2. The number of rotatable bonds is 5. The van der Waals surface area contributed by atoms with E-state index in [1.54, 1.807) is 55.1 Å². The van der Waals surface area contributed by atoms with Gasteiger partial charge in [0.2, 0.25) is 5.91 Å². The van der Waals surface area contributed by atoms with Gasteiger partial charge in [0.25, 0.3) is 5.91 Å². The van der Waals surface area contributed by atoms with Crippen molar-refractivity contribution in [3.05, 3.63) is 76.6 Å². The molecule has 9 heteroatoms. The van der Waals surface area contributed by atoms with Crippen LogP contribution in [0.1, 0.15) is 52.1 Å². The van der Waals surface area contributed by atoms with Gasteiger partial charge in [0.15, 0.2) is 0 Å². The predicted octanol–water partition coefficient (Wildman–Crippen LogP) is 4.95. The normalized spacial score (nSPS) is 14.4. The van der Waals surface area contributed by atoms with Gasteiger partial charge >= 0.3 is 6.18 Å². The van der Waals surface area contributed by atoms with E-state index in [0.717, 1.165) is 24.6 Å². The van der Waals surface area contributed by atoms with Gasteiger partial charge in [-0.05, 0) is 74.7 Å². The lowest BCUT2D eigenvalue weighted by Gasteiger charge is -2.26. The van der Waals surface area contributed by atoms with Gasteiger partial charge in [-0.25, -0.2) is 4.68 Å². The van der Waals surface area contributed by atoms with Crippen LogP contribution < -0.4 is 10.2 Å². The van der Waals surface area contributed by atoms with Crippen LogP contribution in [-0.2, 0) is 17.5 Å². The number of aryl methyl sites for hydroxylation is 2. The Balaban J connectivity index is 1.49. The van der Waals surface area contributed by atoms with Crippen LogP contribution in [0.5, 0.6) is 0 Å². The second kappa shape index (κ2) is 9.32. The van der Waals surface area contributed by atoms with Crippen molar-refractivity contribution in [3.63, 3.8) is 0 Å². The molecule has 1 N–H and O–H groups in total. The summed E-state index contributed by atoms with van der Waals surface area (Å²) in [4.78, 5) is 26.3. The summed E-state index contributed by atoms with van der Waals surface area (Å²) < 4.78 is 42.8. The Bertz CT molecular complexity index is 1220. The molecule has 1 saturated heterocycles. The molecule has 0 atom stereocenters. The molecule has 0 spiro atoms. The van der Waals surface area contributed by atoms with E-state index >= 15 is 0 Å². The van der Waals surface area contributed by atoms with Crippen LogP contribution in [0.3, 0.4) is 0 Å². The summed E-state index contributed by atoms with van der Waals surface area (Å²) in [6, 6.07) is 12.3. The fourth-order valence-corrected chi connectivity index (χ4v) is 4.15. The molecule has 34 heavy (non-hydrogen) atoms. The Kier molecular flexibility index (Phi) is 6.45. The minimum atomic E-state index is -4.59. The van der Waals surface area contributed by atoms with Crippen molar-refractivity contribution in [2.75, 3.05) is 11.4 Å². The Morgan fingerprint density at radius 1 is 1.03 bits per heavy atom. The van der Waals surface area contributed by atoms with Crippen LogP contribution in [0.25, 0.3) is 5.69 Å². The van der Waals surface area contributed by atoms with Crippen LogP contribution in [0.15, 0.2) is 48.5 Å². The van der Waals surface area contributed by atoms with E-state index in [1.807, 2.05) is 0 Å². The maximum Gasteiger partial charge on any atom is 0.416 e. The molecule has 0 radical (unpaired) electrons. The number of carbonyl (C=O) groups excluding carboxylic acids is 2. The number of aromatic nitrogens is 2. The molecule has 1 aromatic heterocycles. The first-order chi connectivity index (χ1) is 16.1. The Labute approximate surface area is 195 Å². The third-order valence-corrected chi connectivity index (χ3v) is 5.86. The first-order valence-electron chi connectivity index (χ1n) is 11.1. The van der Waals surface area contributed by atoms with Crippen molar-refractivity contribution in [2.45, 2.75) is 45.8 Å². The van der Waals surface area contributed by atoms with Gasteiger partial charge in [0, 0.05) is 36.5 Å². The highest BCUT2D eigenvalue weighted by molar-refractivity contribution is 5.96. The third kappa shape index (κ3) is 4.98. The van der Waals surface area contributed by atoms with E-state index in [9.17, 15) is 22.8 Å². The zero-order chi connectivity index (χ0) is 24.5. The molecule has 0 unspecified atom stereocenters. The van der Waals surface area contributed by atoms with E-state index in [4.69, 9.17) is 0 Å². The smallest absolute Gasteiger partial charge is 0.348 e. The maximum atomic E-state index is 13.8. The van der Waals surface area contributed by atoms with E-state index in [1.165, 1.54) is 10.7 Å². The summed E-state index contributed by atoms with van der Waals surface area (Å²) in [5.41, 5.74) is 1.88. The van der Waals surface area contributed by atoms with Gasteiger partial charge in [-0.15, -0.1) is 0 Å². The highest BCUT2D eigenvalue weighted by atomic mass is 19.4. The Morgan fingerprint density at radius 3 is 2.35 bits per heavy atom. The first kappa shape index (κ1) is 23.5. The number of carbonyl (C=O) groups is 2. The van der Waals surface area contributed by atoms with Gasteiger partial charge in [0.1, 0.15) is 0 Å². The zero-order valence-corrected chi connectivity index (χ0v) is 18.9. The standard InChI is InChI=1S/C25H25F3N4O2/c1-16-13-17(2)32(30-16)21-11-8-19(22(14-21)25(26,27)28)15-29-24(34)18-6-9-20(10-7-18)31-12-4-3-5-23(31)33/h6-11,13-14H,3-5,12,15H2,1-2H3,(H,29,34). The van der Waals surface area contributed by atoms with Crippen molar-refractivity contribution < 1.29 is 22.8 Å². The number of benzene rings is 2. The van der Waals surface area contributed by atoms with Gasteiger partial charge in [0.05, 0.1) is 16.9 Å². The lowest BCUT2D eigenvalue weighted by molar-refractivity contribution is -0.138. The lowest BCUT2D eigenvalue weighted by atomic mass is 10.1. The number of nitrogens with one attached hydrogen (secondary N) is 1. The molecule has 2 heterocycles. The average Bonchev–Trinajstić information content (AvgIpc) is 3.15. The maximum absolute atomic E-state index is 13.8. The Hall–Kier alpha value is -3.62.